The van der Waals surface area contributed by atoms with Gasteiger partial charge in [-0.25, -0.2) is 4.57 Å². The van der Waals surface area contributed by atoms with Crippen LogP contribution in [-0.4, -0.2) is 9.78 Å². The summed E-state index contributed by atoms with van der Waals surface area (Å²) < 4.78 is 4.16. The van der Waals surface area contributed by atoms with Gasteiger partial charge in [0.15, 0.2) is 0 Å². The highest BCUT2D eigenvalue weighted by molar-refractivity contribution is 5.58. The van der Waals surface area contributed by atoms with E-state index in [4.69, 9.17) is 0 Å². The van der Waals surface area contributed by atoms with Crippen molar-refractivity contribution >= 4 is 0 Å². The molecule has 0 atom stereocenters. The zero-order valence-electron chi connectivity index (χ0n) is 10.3. The van der Waals surface area contributed by atoms with Gasteiger partial charge in [-0.3, -0.25) is 0 Å². The van der Waals surface area contributed by atoms with Gasteiger partial charge in [0.05, 0.1) is 18.2 Å². The molecule has 0 bridgehead atoms. The summed E-state index contributed by atoms with van der Waals surface area (Å²) in [5, 5.41) is 4.57. The number of hydrogen-bond acceptors (Lipinski definition) is 1. The van der Waals surface area contributed by atoms with Gasteiger partial charge in [-0.1, -0.05) is 18.2 Å². The van der Waals surface area contributed by atoms with Gasteiger partial charge in [-0.15, -0.1) is 4.68 Å². The van der Waals surface area contributed by atoms with E-state index in [1.165, 1.54) is 11.1 Å². The number of nitrogens with zero attached hydrogens (tertiary/aromatic N) is 3. The van der Waals surface area contributed by atoms with E-state index in [9.17, 15) is 0 Å². The molecule has 3 rings (SSSR count). The zero-order chi connectivity index (χ0) is 11.3. The Kier molecular flexibility index (Phi) is 3.01. The van der Waals surface area contributed by atoms with Crippen molar-refractivity contribution in [1.29, 1.82) is 0 Å². The van der Waals surface area contributed by atoms with Crippen LogP contribution in [0.3, 0.4) is 0 Å². The lowest BCUT2D eigenvalue weighted by Gasteiger charge is -2.28. The molecule has 17 heavy (non-hydrogen) atoms. The van der Waals surface area contributed by atoms with Gasteiger partial charge in [0.25, 0.3) is 0 Å². The average molecular weight is 341 g/mol. The van der Waals surface area contributed by atoms with Gasteiger partial charge in [0.2, 0.25) is 6.33 Å². The minimum Gasteiger partial charge on any atom is -1.00 e. The number of fused-ring (bicyclic) bond motifs is 3. The summed E-state index contributed by atoms with van der Waals surface area (Å²) in [6.07, 6.45) is 3.14. The van der Waals surface area contributed by atoms with Crippen molar-refractivity contribution in [2.45, 2.75) is 25.8 Å². The lowest BCUT2D eigenvalue weighted by atomic mass is 9.87. The number of halogens is 1. The molecule has 1 aromatic heterocycles. The molecule has 4 heteroatoms. The van der Waals surface area contributed by atoms with E-state index in [-0.39, 0.29) is 29.5 Å². The monoisotopic (exact) mass is 341 g/mol. The van der Waals surface area contributed by atoms with Crippen LogP contribution >= 0.6 is 0 Å². The SMILES string of the molecule is Cn1c[n+]2c(n1)-c1ccccc1CC2(C)C.[I-]. The number of rotatable bonds is 0. The molecule has 0 amide bonds. The summed E-state index contributed by atoms with van der Waals surface area (Å²) in [5.74, 6) is 1.08. The van der Waals surface area contributed by atoms with E-state index < -0.39 is 0 Å². The van der Waals surface area contributed by atoms with Crippen molar-refractivity contribution in [2.24, 2.45) is 7.05 Å². The van der Waals surface area contributed by atoms with Crippen LogP contribution in [0.15, 0.2) is 30.6 Å². The fourth-order valence-electron chi connectivity index (χ4n) is 2.52. The van der Waals surface area contributed by atoms with Gasteiger partial charge >= 0.3 is 5.82 Å². The molecule has 1 aliphatic heterocycles. The third-order valence-electron chi connectivity index (χ3n) is 3.30. The summed E-state index contributed by atoms with van der Waals surface area (Å²) >= 11 is 0. The number of aryl methyl sites for hydroxylation is 1. The topological polar surface area (TPSA) is 21.7 Å². The minimum absolute atomic E-state index is 0. The molecule has 0 spiro atoms. The molecule has 0 N–H and O–H groups in total. The lowest BCUT2D eigenvalue weighted by Crippen LogP contribution is -3.00. The highest BCUT2D eigenvalue weighted by Gasteiger charge is 2.37. The maximum atomic E-state index is 4.57. The largest absolute Gasteiger partial charge is 1.00 e. The van der Waals surface area contributed by atoms with Crippen molar-refractivity contribution < 1.29 is 28.5 Å². The summed E-state index contributed by atoms with van der Waals surface area (Å²) in [6.45, 7) is 4.52. The second-order valence-corrected chi connectivity index (χ2v) is 5.13. The maximum Gasteiger partial charge on any atom is 0.309 e. The Morgan fingerprint density at radius 2 is 2.00 bits per heavy atom. The molecule has 2 aromatic rings. The van der Waals surface area contributed by atoms with Crippen molar-refractivity contribution in [2.75, 3.05) is 0 Å². The second kappa shape index (κ2) is 4.08. The maximum absolute atomic E-state index is 4.57. The number of benzene rings is 1. The molecule has 0 fully saturated rings. The summed E-state index contributed by atoms with van der Waals surface area (Å²) in [4.78, 5) is 0. The smallest absolute Gasteiger partial charge is 0.309 e. The first kappa shape index (κ1) is 12.5. The first-order valence-electron chi connectivity index (χ1n) is 5.62. The standard InChI is InChI=1S/C13H16N3.HI/c1-13(2)8-10-6-4-5-7-11(10)12-14-15(3)9-16(12)13;/h4-7,9H,8H2,1-3H3;1H/q+1;/p-1. The van der Waals surface area contributed by atoms with Crippen LogP contribution in [0.4, 0.5) is 0 Å². The van der Waals surface area contributed by atoms with E-state index in [1.807, 2.05) is 11.7 Å². The van der Waals surface area contributed by atoms with Gasteiger partial charge < -0.3 is 24.0 Å². The molecule has 3 nitrogen and oxygen atoms in total. The first-order chi connectivity index (χ1) is 7.58. The predicted octanol–water partition coefficient (Wildman–Crippen LogP) is -1.33. The van der Waals surface area contributed by atoms with Gasteiger partial charge in [-0.2, -0.15) is 0 Å². The van der Waals surface area contributed by atoms with E-state index in [0.29, 0.717) is 0 Å². The second-order valence-electron chi connectivity index (χ2n) is 5.13. The Morgan fingerprint density at radius 3 is 2.76 bits per heavy atom. The molecule has 0 saturated carbocycles. The number of hydrogen-bond donors (Lipinski definition) is 0. The molecule has 0 unspecified atom stereocenters. The normalized spacial score (nSPS) is 15.7. The van der Waals surface area contributed by atoms with E-state index >= 15 is 0 Å². The Balaban J connectivity index is 0.00000108. The van der Waals surface area contributed by atoms with Crippen LogP contribution in [0.2, 0.25) is 0 Å². The Bertz CT molecular complexity index is 558. The average Bonchev–Trinajstić information content (AvgIpc) is 2.61. The summed E-state index contributed by atoms with van der Waals surface area (Å²) in [5.41, 5.74) is 2.77. The van der Waals surface area contributed by atoms with E-state index in [1.54, 1.807) is 0 Å². The third kappa shape index (κ3) is 1.88. The van der Waals surface area contributed by atoms with Crippen LogP contribution in [-0.2, 0) is 19.0 Å². The molecule has 90 valence electrons. The minimum atomic E-state index is 0. The quantitative estimate of drug-likeness (QED) is 0.430. The fraction of sp³-hybridized carbons (Fsp3) is 0.385. The Morgan fingerprint density at radius 1 is 1.29 bits per heavy atom. The summed E-state index contributed by atoms with van der Waals surface area (Å²) in [6, 6.07) is 8.54. The number of aromatic nitrogens is 3. The molecule has 2 heterocycles. The zero-order valence-corrected chi connectivity index (χ0v) is 12.5. The van der Waals surface area contributed by atoms with Crippen LogP contribution in [0.1, 0.15) is 19.4 Å². The molecule has 0 saturated heterocycles. The molecule has 1 aliphatic rings. The van der Waals surface area contributed by atoms with Crippen molar-refractivity contribution in [3.63, 3.8) is 0 Å². The molecule has 1 aromatic carbocycles. The van der Waals surface area contributed by atoms with Crippen molar-refractivity contribution in [3.8, 4) is 11.4 Å². The lowest BCUT2D eigenvalue weighted by molar-refractivity contribution is -0.750. The van der Waals surface area contributed by atoms with Crippen LogP contribution in [0.5, 0.6) is 0 Å². The van der Waals surface area contributed by atoms with Crippen LogP contribution < -0.4 is 28.5 Å². The van der Waals surface area contributed by atoms with Crippen LogP contribution in [0.25, 0.3) is 11.4 Å². The van der Waals surface area contributed by atoms with E-state index in [2.05, 4.69) is 54.1 Å². The van der Waals surface area contributed by atoms with Gasteiger partial charge in [0.1, 0.15) is 0 Å². The van der Waals surface area contributed by atoms with Gasteiger partial charge in [0, 0.05) is 11.5 Å². The highest BCUT2D eigenvalue weighted by atomic mass is 127. The molecule has 0 aliphatic carbocycles. The molecular weight excluding hydrogens is 325 g/mol. The van der Waals surface area contributed by atoms with Crippen molar-refractivity contribution in [3.05, 3.63) is 36.2 Å². The van der Waals surface area contributed by atoms with Crippen molar-refractivity contribution in [1.82, 2.24) is 9.78 Å². The van der Waals surface area contributed by atoms with Crippen LogP contribution in [0, 0.1) is 0 Å². The Hall–Kier alpha value is -0.910. The predicted molar refractivity (Wildman–Crippen MR) is 61.9 cm³/mol. The third-order valence-corrected chi connectivity index (χ3v) is 3.30. The molecular formula is C13H16IN3. The Labute approximate surface area is 118 Å². The first-order valence-corrected chi connectivity index (χ1v) is 5.62. The summed E-state index contributed by atoms with van der Waals surface area (Å²) in [7, 11) is 1.98. The highest BCUT2D eigenvalue weighted by Crippen LogP contribution is 2.30. The fourth-order valence-corrected chi connectivity index (χ4v) is 2.52. The van der Waals surface area contributed by atoms with Gasteiger partial charge in [-0.05, 0) is 25.5 Å². The molecule has 0 radical (unpaired) electrons. The van der Waals surface area contributed by atoms with E-state index in [0.717, 1.165) is 12.2 Å².